The standard InChI is InChI=1S/C15H11BrClFO/c1-9-4-11(6-12(17)5-9)15(19)8-10-7-13(18)2-3-14(10)16/h2-7H,8H2,1H3. The lowest BCUT2D eigenvalue weighted by Gasteiger charge is -2.06. The summed E-state index contributed by atoms with van der Waals surface area (Å²) in [7, 11) is 0. The third-order valence-electron chi connectivity index (χ3n) is 2.72. The van der Waals surface area contributed by atoms with Gasteiger partial charge in [-0.1, -0.05) is 27.5 Å². The van der Waals surface area contributed by atoms with Crippen molar-refractivity contribution in [3.8, 4) is 0 Å². The van der Waals surface area contributed by atoms with Gasteiger partial charge in [0.25, 0.3) is 0 Å². The molecule has 0 aliphatic rings. The zero-order valence-corrected chi connectivity index (χ0v) is 12.6. The Morgan fingerprint density at radius 2 is 2.00 bits per heavy atom. The molecule has 0 N–H and O–H groups in total. The van der Waals surface area contributed by atoms with Crippen molar-refractivity contribution in [3.05, 3.63) is 68.4 Å². The summed E-state index contributed by atoms with van der Waals surface area (Å²) in [6.45, 7) is 1.88. The van der Waals surface area contributed by atoms with E-state index in [1.807, 2.05) is 6.92 Å². The lowest BCUT2D eigenvalue weighted by molar-refractivity contribution is 0.0992. The molecule has 19 heavy (non-hydrogen) atoms. The van der Waals surface area contributed by atoms with Gasteiger partial charge in [0.1, 0.15) is 5.82 Å². The van der Waals surface area contributed by atoms with Crippen molar-refractivity contribution in [2.24, 2.45) is 0 Å². The fourth-order valence-electron chi connectivity index (χ4n) is 1.85. The SMILES string of the molecule is Cc1cc(Cl)cc(C(=O)Cc2cc(F)ccc2Br)c1. The van der Waals surface area contributed by atoms with Crippen LogP contribution >= 0.6 is 27.5 Å². The molecule has 0 radical (unpaired) electrons. The first-order chi connectivity index (χ1) is 8.95. The zero-order chi connectivity index (χ0) is 14.0. The average Bonchev–Trinajstić information content (AvgIpc) is 2.32. The van der Waals surface area contributed by atoms with Crippen LogP contribution in [0.3, 0.4) is 0 Å². The van der Waals surface area contributed by atoms with Crippen LogP contribution in [0, 0.1) is 12.7 Å². The van der Waals surface area contributed by atoms with Crippen molar-refractivity contribution in [1.29, 1.82) is 0 Å². The summed E-state index contributed by atoms with van der Waals surface area (Å²) in [4.78, 5) is 12.2. The molecule has 0 fully saturated rings. The van der Waals surface area contributed by atoms with Crippen LogP contribution in [0.15, 0.2) is 40.9 Å². The van der Waals surface area contributed by atoms with Crippen molar-refractivity contribution in [2.45, 2.75) is 13.3 Å². The van der Waals surface area contributed by atoms with E-state index in [2.05, 4.69) is 15.9 Å². The third kappa shape index (κ3) is 3.64. The quantitative estimate of drug-likeness (QED) is 0.720. The predicted molar refractivity (Wildman–Crippen MR) is 78.3 cm³/mol. The van der Waals surface area contributed by atoms with E-state index < -0.39 is 0 Å². The van der Waals surface area contributed by atoms with Gasteiger partial charge in [0.05, 0.1) is 0 Å². The smallest absolute Gasteiger partial charge is 0.167 e. The van der Waals surface area contributed by atoms with Crippen LogP contribution < -0.4 is 0 Å². The van der Waals surface area contributed by atoms with Crippen LogP contribution in [0.2, 0.25) is 5.02 Å². The molecule has 0 aliphatic heterocycles. The Balaban J connectivity index is 2.28. The van der Waals surface area contributed by atoms with E-state index in [0.717, 1.165) is 10.0 Å². The molecule has 0 amide bonds. The first-order valence-corrected chi connectivity index (χ1v) is 6.87. The molecule has 0 spiro atoms. The molecule has 2 aromatic rings. The highest BCUT2D eigenvalue weighted by atomic mass is 79.9. The highest BCUT2D eigenvalue weighted by Crippen LogP contribution is 2.21. The molecule has 98 valence electrons. The highest BCUT2D eigenvalue weighted by molar-refractivity contribution is 9.10. The molecule has 0 atom stereocenters. The summed E-state index contributed by atoms with van der Waals surface area (Å²) in [5, 5.41) is 0.529. The van der Waals surface area contributed by atoms with Gasteiger partial charge in [-0.15, -0.1) is 0 Å². The van der Waals surface area contributed by atoms with Crippen LogP contribution in [0.25, 0.3) is 0 Å². The summed E-state index contributed by atoms with van der Waals surface area (Å²) in [5.41, 5.74) is 2.10. The Bertz CT molecular complexity index is 620. The van der Waals surface area contributed by atoms with Crippen LogP contribution in [0.4, 0.5) is 4.39 Å². The fraction of sp³-hybridized carbons (Fsp3) is 0.133. The Morgan fingerprint density at radius 1 is 1.26 bits per heavy atom. The summed E-state index contributed by atoms with van der Waals surface area (Å²) >= 11 is 9.25. The van der Waals surface area contributed by atoms with E-state index in [9.17, 15) is 9.18 Å². The monoisotopic (exact) mass is 340 g/mol. The number of hydrogen-bond acceptors (Lipinski definition) is 1. The maximum absolute atomic E-state index is 13.2. The van der Waals surface area contributed by atoms with Gasteiger partial charge in [-0.05, 0) is 54.4 Å². The molecule has 0 aromatic heterocycles. The molecule has 0 heterocycles. The van der Waals surface area contributed by atoms with E-state index in [1.165, 1.54) is 12.1 Å². The van der Waals surface area contributed by atoms with Crippen molar-refractivity contribution in [1.82, 2.24) is 0 Å². The number of carbonyl (C=O) groups excluding carboxylic acids is 1. The predicted octanol–water partition coefficient (Wildman–Crippen LogP) is 4.98. The van der Waals surface area contributed by atoms with Crippen molar-refractivity contribution < 1.29 is 9.18 Å². The Morgan fingerprint density at radius 3 is 2.68 bits per heavy atom. The Hall–Kier alpha value is -1.19. The first-order valence-electron chi connectivity index (χ1n) is 5.70. The van der Waals surface area contributed by atoms with Crippen molar-refractivity contribution in [2.75, 3.05) is 0 Å². The molecule has 0 bridgehead atoms. The summed E-state index contributed by atoms with van der Waals surface area (Å²) < 4.78 is 13.9. The van der Waals surface area contributed by atoms with Crippen LogP contribution in [-0.4, -0.2) is 5.78 Å². The maximum atomic E-state index is 13.2. The summed E-state index contributed by atoms with van der Waals surface area (Å²) in [5.74, 6) is -0.440. The number of ketones is 1. The van der Waals surface area contributed by atoms with Gasteiger partial charge in [0.15, 0.2) is 5.78 Å². The topological polar surface area (TPSA) is 17.1 Å². The molecule has 0 saturated heterocycles. The van der Waals surface area contributed by atoms with E-state index >= 15 is 0 Å². The van der Waals surface area contributed by atoms with Gasteiger partial charge >= 0.3 is 0 Å². The van der Waals surface area contributed by atoms with Crippen molar-refractivity contribution >= 4 is 33.3 Å². The molecule has 0 aliphatic carbocycles. The van der Waals surface area contributed by atoms with Crippen LogP contribution in [-0.2, 0) is 6.42 Å². The average molecular weight is 342 g/mol. The summed E-state index contributed by atoms with van der Waals surface area (Å²) in [6.07, 6.45) is 0.137. The minimum Gasteiger partial charge on any atom is -0.294 e. The van der Waals surface area contributed by atoms with E-state index in [1.54, 1.807) is 24.3 Å². The molecule has 2 aromatic carbocycles. The molecular formula is C15H11BrClFO. The molecule has 4 heteroatoms. The number of benzene rings is 2. The molecule has 2 rings (SSSR count). The Kier molecular flexibility index (Phi) is 4.38. The minimum atomic E-state index is -0.353. The largest absolute Gasteiger partial charge is 0.294 e. The molecule has 0 saturated carbocycles. The van der Waals surface area contributed by atoms with Gasteiger partial charge in [0, 0.05) is 21.5 Å². The van der Waals surface area contributed by atoms with E-state index in [0.29, 0.717) is 16.1 Å². The van der Waals surface area contributed by atoms with E-state index in [4.69, 9.17) is 11.6 Å². The van der Waals surface area contributed by atoms with Gasteiger partial charge in [-0.25, -0.2) is 4.39 Å². The highest BCUT2D eigenvalue weighted by Gasteiger charge is 2.11. The first kappa shape index (κ1) is 14.2. The van der Waals surface area contributed by atoms with Crippen molar-refractivity contribution in [3.63, 3.8) is 0 Å². The molecule has 1 nitrogen and oxygen atoms in total. The number of Topliss-reactive ketones (excluding diaryl/α,β-unsaturated/α-hetero) is 1. The fourth-order valence-corrected chi connectivity index (χ4v) is 2.53. The number of rotatable bonds is 3. The van der Waals surface area contributed by atoms with Crippen LogP contribution in [0.1, 0.15) is 21.5 Å². The third-order valence-corrected chi connectivity index (χ3v) is 3.71. The number of aryl methyl sites for hydroxylation is 1. The van der Waals surface area contributed by atoms with Gasteiger partial charge in [-0.3, -0.25) is 4.79 Å². The number of hydrogen-bond donors (Lipinski definition) is 0. The Labute approximate surface area is 124 Å². The van der Waals surface area contributed by atoms with Gasteiger partial charge < -0.3 is 0 Å². The van der Waals surface area contributed by atoms with Crippen LogP contribution in [0.5, 0.6) is 0 Å². The lowest BCUT2D eigenvalue weighted by atomic mass is 10.0. The summed E-state index contributed by atoms with van der Waals surface area (Å²) in [6, 6.07) is 9.50. The molecule has 0 unspecified atom stereocenters. The molecular weight excluding hydrogens is 331 g/mol. The second kappa shape index (κ2) is 5.85. The van der Waals surface area contributed by atoms with Gasteiger partial charge in [-0.2, -0.15) is 0 Å². The maximum Gasteiger partial charge on any atom is 0.167 e. The zero-order valence-electron chi connectivity index (χ0n) is 10.2. The van der Waals surface area contributed by atoms with Gasteiger partial charge in [0.2, 0.25) is 0 Å². The minimum absolute atomic E-state index is 0.0862. The number of halogens is 3. The normalized spacial score (nSPS) is 10.5. The lowest BCUT2D eigenvalue weighted by Crippen LogP contribution is -2.05. The number of carbonyl (C=O) groups is 1. The second-order valence-corrected chi connectivity index (χ2v) is 5.64. The second-order valence-electron chi connectivity index (χ2n) is 4.35. The van der Waals surface area contributed by atoms with E-state index in [-0.39, 0.29) is 18.0 Å².